The molecule has 0 bridgehead atoms. The normalized spacial score (nSPS) is 19.1. The fourth-order valence-corrected chi connectivity index (χ4v) is 12.1. The van der Waals surface area contributed by atoms with Crippen LogP contribution in [-0.2, 0) is 35.4 Å². The molecule has 6 atom stereocenters. The first-order chi connectivity index (χ1) is 39.9. The average molecular weight is 1210 g/mol. The van der Waals surface area contributed by atoms with Gasteiger partial charge in [0.2, 0.25) is 0 Å². The fourth-order valence-electron chi connectivity index (χ4n) is 9.76. The number of hydrogen-bond donors (Lipinski definition) is 4. The molecule has 18 nitrogen and oxygen atoms in total. The highest BCUT2D eigenvalue weighted by molar-refractivity contribution is 7.19. The number of nitrogens with one attached hydrogen (secondary N) is 3. The number of halogens is 7. The van der Waals surface area contributed by atoms with Crippen molar-refractivity contribution in [3.8, 4) is 45.8 Å². The Labute approximate surface area is 488 Å². The van der Waals surface area contributed by atoms with Crippen LogP contribution in [-0.4, -0.2) is 132 Å². The van der Waals surface area contributed by atoms with Crippen LogP contribution in [0.15, 0.2) is 85.5 Å². The number of nitrogens with zero attached hydrogens (tertiary/aromatic N) is 8. The topological polar surface area (TPSA) is 221 Å². The van der Waals surface area contributed by atoms with Gasteiger partial charge in [-0.1, -0.05) is 60.1 Å². The fraction of sp³-hybridized carbons (Fsp3) is 0.429. The summed E-state index contributed by atoms with van der Waals surface area (Å²) in [5.74, 6) is 2.32. The van der Waals surface area contributed by atoms with Gasteiger partial charge in [0.25, 0.3) is 11.8 Å². The van der Waals surface area contributed by atoms with E-state index in [-0.39, 0.29) is 45.2 Å². The number of rotatable bonds is 18. The van der Waals surface area contributed by atoms with Gasteiger partial charge in [-0.2, -0.15) is 26.3 Å². The summed E-state index contributed by atoms with van der Waals surface area (Å²) in [5, 5.41) is 28.5. The van der Waals surface area contributed by atoms with E-state index < -0.39 is 25.2 Å². The quantitative estimate of drug-likeness (QED) is 0.0463. The number of thiophene rings is 2. The Bertz CT molecular complexity index is 3370. The second-order valence-corrected chi connectivity index (χ2v) is 22.2. The minimum Gasteiger partial charge on any atom is -0.491 e. The molecule has 5 N–H and O–H groups in total. The molecule has 0 amide bonds. The first kappa shape index (κ1) is 62.4. The van der Waals surface area contributed by atoms with E-state index in [9.17, 15) is 26.3 Å². The monoisotopic (exact) mass is 1210 g/mol. The van der Waals surface area contributed by atoms with E-state index in [2.05, 4.69) is 68.4 Å². The van der Waals surface area contributed by atoms with Crippen molar-refractivity contribution in [2.45, 2.75) is 113 Å². The van der Waals surface area contributed by atoms with Crippen LogP contribution in [0.1, 0.15) is 59.4 Å². The molecule has 6 heterocycles. The Hall–Kier alpha value is -6.65. The van der Waals surface area contributed by atoms with Crippen LogP contribution < -0.4 is 40.6 Å². The lowest BCUT2D eigenvalue weighted by Gasteiger charge is -2.36. The number of anilines is 1. The lowest BCUT2D eigenvalue weighted by Crippen LogP contribution is -2.47. The Morgan fingerprint density at radius 3 is 1.49 bits per heavy atom. The Morgan fingerprint density at radius 1 is 0.566 bits per heavy atom. The zero-order valence-corrected chi connectivity index (χ0v) is 48.6. The molecule has 2 fully saturated rings. The van der Waals surface area contributed by atoms with E-state index in [1.807, 2.05) is 42.5 Å². The molecule has 0 unspecified atom stereocenters. The molecular weight excluding hydrogens is 1150 g/mol. The Balaban J connectivity index is 0.000000182. The summed E-state index contributed by atoms with van der Waals surface area (Å²) in [5.41, 5.74) is 11.8. The van der Waals surface area contributed by atoms with Gasteiger partial charge in [-0.05, 0) is 61.8 Å². The van der Waals surface area contributed by atoms with E-state index in [0.717, 1.165) is 90.1 Å². The molecule has 2 saturated carbocycles. The highest BCUT2D eigenvalue weighted by atomic mass is 35.5. The molecule has 2 aliphatic carbocycles. The van der Waals surface area contributed by atoms with Gasteiger partial charge >= 0.3 is 12.4 Å². The standard InChI is InChI=1S/C28H31F3N6O3S.C20H28N4O3.C8H4ClF3N2S/c1-38-23-9-8-18(10-22(23)35-25-20-11-19(13-28(29,30)31)41-27(20)34-15-33-25)32-14-16-4-6-17(7-5-16)21-12-24(39-2)26(40-3)37-36-21;1-25-18-9-8-15(10-16(18)21)22-12-13-4-6-14(7-5-13)17-11-19(26-2)20(27-3)24-23-17;9-6-5-1-4(2-8(10,11)12)15-7(5)14-3-13-6/h4-7,11-12,15,18,22-23,32H,8-10,13-14H2,1-3H3,(H,33,34,35);4-7,11,15-16,18,22H,8-10,12,21H2,1-3H3;1,3H,2H2/t18-,22-,23-;15-,16-,18-;/m00./s1. The molecule has 0 spiro atoms. The largest absolute Gasteiger partial charge is 0.491 e. The second-order valence-electron chi connectivity index (χ2n) is 19.6. The van der Waals surface area contributed by atoms with Crippen molar-refractivity contribution in [3.05, 3.63) is 111 Å². The number of ether oxygens (including phenoxy) is 6. The van der Waals surface area contributed by atoms with E-state index in [0.29, 0.717) is 67.8 Å². The van der Waals surface area contributed by atoms with Crippen LogP contribution in [0.3, 0.4) is 0 Å². The average Bonchev–Trinajstić information content (AvgIpc) is 4.29. The van der Waals surface area contributed by atoms with Crippen LogP contribution in [0, 0.1) is 0 Å². The number of methoxy groups -OCH3 is 6. The van der Waals surface area contributed by atoms with Gasteiger partial charge in [0.1, 0.15) is 33.3 Å². The molecular formula is C56H63ClF6N12O6S2. The first-order valence-corrected chi connectivity index (χ1v) is 28.3. The van der Waals surface area contributed by atoms with Crippen molar-refractivity contribution in [2.24, 2.45) is 5.73 Å². The van der Waals surface area contributed by atoms with Gasteiger partial charge in [0.05, 0.1) is 76.3 Å². The molecule has 8 aromatic rings. The molecule has 0 saturated heterocycles. The molecule has 444 valence electrons. The van der Waals surface area contributed by atoms with E-state index in [1.165, 1.54) is 37.5 Å². The third kappa shape index (κ3) is 17.2. The van der Waals surface area contributed by atoms with E-state index in [4.69, 9.17) is 45.8 Å². The second kappa shape index (κ2) is 28.8. The molecule has 10 rings (SSSR count). The minimum atomic E-state index is -4.27. The van der Waals surface area contributed by atoms with Gasteiger partial charge < -0.3 is 50.1 Å². The molecule has 2 aromatic carbocycles. The zero-order valence-electron chi connectivity index (χ0n) is 46.2. The number of benzene rings is 2. The maximum absolute atomic E-state index is 12.9. The number of fused-ring (bicyclic) bond motifs is 2. The summed E-state index contributed by atoms with van der Waals surface area (Å²) in [7, 11) is 9.63. The van der Waals surface area contributed by atoms with E-state index >= 15 is 0 Å². The zero-order chi connectivity index (χ0) is 59.3. The van der Waals surface area contributed by atoms with E-state index in [1.54, 1.807) is 41.6 Å². The van der Waals surface area contributed by atoms with Crippen LogP contribution >= 0.6 is 34.3 Å². The van der Waals surface area contributed by atoms with Crippen molar-refractivity contribution in [1.29, 1.82) is 0 Å². The molecule has 83 heavy (non-hydrogen) atoms. The van der Waals surface area contributed by atoms with Crippen LogP contribution in [0.5, 0.6) is 23.3 Å². The molecule has 6 aromatic heterocycles. The van der Waals surface area contributed by atoms with Crippen molar-refractivity contribution in [2.75, 3.05) is 48.0 Å². The third-order valence-corrected chi connectivity index (χ3v) is 16.4. The smallest absolute Gasteiger partial charge is 0.393 e. The molecule has 2 aliphatic rings. The number of aromatic nitrogens is 8. The number of alkyl halides is 6. The third-order valence-electron chi connectivity index (χ3n) is 14.0. The molecule has 0 radical (unpaired) electrons. The summed E-state index contributed by atoms with van der Waals surface area (Å²) >= 11 is 7.74. The number of hydrogen-bond acceptors (Lipinski definition) is 20. The summed E-state index contributed by atoms with van der Waals surface area (Å²) in [6.45, 7) is 1.49. The highest BCUT2D eigenvalue weighted by Gasteiger charge is 2.33. The maximum atomic E-state index is 12.9. The van der Waals surface area contributed by atoms with Crippen molar-refractivity contribution in [3.63, 3.8) is 0 Å². The van der Waals surface area contributed by atoms with Crippen molar-refractivity contribution in [1.82, 2.24) is 51.0 Å². The summed E-state index contributed by atoms with van der Waals surface area (Å²) in [4.78, 5) is 17.5. The number of nitrogens with two attached hydrogens (primary N) is 1. The van der Waals surface area contributed by atoms with Crippen LogP contribution in [0.2, 0.25) is 5.15 Å². The van der Waals surface area contributed by atoms with Gasteiger partial charge in [-0.25, -0.2) is 19.9 Å². The Morgan fingerprint density at radius 2 is 1.04 bits per heavy atom. The first-order valence-electron chi connectivity index (χ1n) is 26.3. The SMILES string of the molecule is COc1cc(-c2ccc(CN[C@H]3CC[C@H](OC)[C@@H](N)C3)cc2)nnc1OC.COc1cc(-c2ccc(CN[C@H]3CC[C@H](OC)[C@@H](Nc4ncnc5sc(CC(F)(F)F)cc45)C3)cc2)nnc1OC.FC(F)(F)Cc1cc2c(Cl)ncnc2s1. The van der Waals surface area contributed by atoms with Crippen molar-refractivity contribution >= 4 is 60.5 Å². The van der Waals surface area contributed by atoms with Crippen molar-refractivity contribution < 1.29 is 54.8 Å². The molecule has 27 heteroatoms. The van der Waals surface area contributed by atoms with Crippen LogP contribution in [0.25, 0.3) is 42.9 Å². The van der Waals surface area contributed by atoms with Gasteiger partial charge in [0, 0.05) is 83.8 Å². The lowest BCUT2D eigenvalue weighted by molar-refractivity contribution is -0.127. The van der Waals surface area contributed by atoms with Gasteiger partial charge in [-0.3, -0.25) is 0 Å². The van der Waals surface area contributed by atoms with Crippen LogP contribution in [0.4, 0.5) is 32.2 Å². The Kier molecular flexibility index (Phi) is 21.6. The minimum absolute atomic E-state index is 0.0479. The summed E-state index contributed by atoms with van der Waals surface area (Å²) in [6, 6.07) is 23.6. The summed E-state index contributed by atoms with van der Waals surface area (Å²) < 4.78 is 107. The lowest BCUT2D eigenvalue weighted by atomic mass is 9.88. The van der Waals surface area contributed by atoms with Gasteiger partial charge in [-0.15, -0.1) is 43.1 Å². The molecule has 0 aliphatic heterocycles. The van der Waals surface area contributed by atoms with Gasteiger partial charge in [0.15, 0.2) is 11.5 Å². The maximum Gasteiger partial charge on any atom is 0.393 e. The predicted octanol–water partition coefficient (Wildman–Crippen LogP) is 11.0. The summed E-state index contributed by atoms with van der Waals surface area (Å²) in [6.07, 6.45) is -2.09. The predicted molar refractivity (Wildman–Crippen MR) is 306 cm³/mol. The highest BCUT2D eigenvalue weighted by Crippen LogP contribution is 2.36.